The summed E-state index contributed by atoms with van der Waals surface area (Å²) in [5.41, 5.74) is 5.58. The van der Waals surface area contributed by atoms with Crippen LogP contribution in [0.25, 0.3) is 0 Å². The summed E-state index contributed by atoms with van der Waals surface area (Å²) < 4.78 is 4.91. The second-order valence-electron chi connectivity index (χ2n) is 3.96. The summed E-state index contributed by atoms with van der Waals surface area (Å²) in [6, 6.07) is 1.93. The average Bonchev–Trinajstić information content (AvgIpc) is 2.42. The molecule has 1 unspecified atom stereocenters. The minimum atomic E-state index is -1.20. The molecule has 0 saturated carbocycles. The van der Waals surface area contributed by atoms with Gasteiger partial charge >= 0.3 is 12.0 Å². The number of esters is 1. The standard InChI is InChI=1S/C12H13Cl2N3O4/c1-5(10(18)17-12(20)16-2)21-11(19)7-3-6(13)4-8(14)9(7)15/h3-5H,15H2,1-2H3,(H2,16,17,18,20). The van der Waals surface area contributed by atoms with Crippen LogP contribution in [-0.2, 0) is 9.53 Å². The van der Waals surface area contributed by atoms with Crippen molar-refractivity contribution < 1.29 is 19.1 Å². The highest BCUT2D eigenvalue weighted by molar-refractivity contribution is 6.37. The fourth-order valence-electron chi connectivity index (χ4n) is 1.31. The molecule has 21 heavy (non-hydrogen) atoms. The van der Waals surface area contributed by atoms with Gasteiger partial charge in [0, 0.05) is 12.1 Å². The molecule has 4 N–H and O–H groups in total. The first-order chi connectivity index (χ1) is 9.76. The molecule has 1 aromatic carbocycles. The molecule has 0 bridgehead atoms. The molecule has 0 aliphatic rings. The van der Waals surface area contributed by atoms with Gasteiger partial charge in [0.25, 0.3) is 5.91 Å². The Balaban J connectivity index is 2.82. The number of carbonyl (C=O) groups is 3. The van der Waals surface area contributed by atoms with Crippen LogP contribution in [0.3, 0.4) is 0 Å². The summed E-state index contributed by atoms with van der Waals surface area (Å²) in [6.07, 6.45) is -1.20. The van der Waals surface area contributed by atoms with E-state index in [1.807, 2.05) is 5.32 Å². The largest absolute Gasteiger partial charge is 0.449 e. The van der Waals surface area contributed by atoms with E-state index in [1.165, 1.54) is 26.1 Å². The molecule has 0 spiro atoms. The molecular weight excluding hydrogens is 321 g/mol. The van der Waals surface area contributed by atoms with E-state index >= 15 is 0 Å². The van der Waals surface area contributed by atoms with Crippen molar-refractivity contribution in [1.29, 1.82) is 0 Å². The van der Waals surface area contributed by atoms with Crippen molar-refractivity contribution in [2.24, 2.45) is 0 Å². The molecule has 1 aromatic rings. The molecular formula is C12H13Cl2N3O4. The Hall–Kier alpha value is -1.99. The molecule has 7 nitrogen and oxygen atoms in total. The van der Waals surface area contributed by atoms with E-state index in [9.17, 15) is 14.4 Å². The van der Waals surface area contributed by atoms with Crippen molar-refractivity contribution in [3.8, 4) is 0 Å². The lowest BCUT2D eigenvalue weighted by molar-refractivity contribution is -0.127. The molecule has 1 atom stereocenters. The Morgan fingerprint density at radius 3 is 2.48 bits per heavy atom. The predicted octanol–water partition coefficient (Wildman–Crippen LogP) is 1.58. The van der Waals surface area contributed by atoms with Crippen molar-refractivity contribution in [1.82, 2.24) is 10.6 Å². The van der Waals surface area contributed by atoms with Gasteiger partial charge in [-0.15, -0.1) is 0 Å². The number of halogens is 2. The van der Waals surface area contributed by atoms with Gasteiger partial charge in [0.2, 0.25) is 0 Å². The summed E-state index contributed by atoms with van der Waals surface area (Å²) in [6.45, 7) is 1.30. The van der Waals surface area contributed by atoms with Crippen LogP contribution in [0.5, 0.6) is 0 Å². The zero-order valence-corrected chi connectivity index (χ0v) is 12.7. The topological polar surface area (TPSA) is 111 Å². The molecule has 0 fully saturated rings. The van der Waals surface area contributed by atoms with Crippen LogP contribution in [-0.4, -0.2) is 31.1 Å². The number of rotatable bonds is 3. The smallest absolute Gasteiger partial charge is 0.341 e. The van der Waals surface area contributed by atoms with E-state index in [2.05, 4.69) is 5.32 Å². The van der Waals surface area contributed by atoms with Crippen molar-refractivity contribution in [3.05, 3.63) is 27.7 Å². The van der Waals surface area contributed by atoms with E-state index in [-0.39, 0.29) is 21.3 Å². The molecule has 0 radical (unpaired) electrons. The summed E-state index contributed by atoms with van der Waals surface area (Å²) in [7, 11) is 1.34. The number of benzene rings is 1. The second-order valence-corrected chi connectivity index (χ2v) is 4.81. The Labute approximate surface area is 130 Å². The van der Waals surface area contributed by atoms with Gasteiger partial charge in [0.15, 0.2) is 6.10 Å². The maximum absolute atomic E-state index is 11.9. The maximum Gasteiger partial charge on any atom is 0.341 e. The number of nitrogen functional groups attached to an aromatic ring is 1. The van der Waals surface area contributed by atoms with Crippen LogP contribution in [0.2, 0.25) is 10.0 Å². The van der Waals surface area contributed by atoms with E-state index in [0.717, 1.165) is 0 Å². The first-order valence-corrected chi connectivity index (χ1v) is 6.50. The zero-order chi connectivity index (χ0) is 16.2. The fraction of sp³-hybridized carbons (Fsp3) is 0.250. The first-order valence-electron chi connectivity index (χ1n) is 5.74. The summed E-state index contributed by atoms with van der Waals surface area (Å²) in [5.74, 6) is -1.66. The van der Waals surface area contributed by atoms with Crippen molar-refractivity contribution in [2.45, 2.75) is 13.0 Å². The van der Waals surface area contributed by atoms with Crippen molar-refractivity contribution in [2.75, 3.05) is 12.8 Å². The number of hydrogen-bond acceptors (Lipinski definition) is 5. The van der Waals surface area contributed by atoms with Crippen molar-refractivity contribution >= 4 is 46.8 Å². The lowest BCUT2D eigenvalue weighted by Crippen LogP contribution is -2.43. The molecule has 1 rings (SSSR count). The lowest BCUT2D eigenvalue weighted by atomic mass is 10.2. The molecule has 0 aromatic heterocycles. The number of nitrogens with two attached hydrogens (primary N) is 1. The Kier molecular flexibility index (Phi) is 5.80. The number of urea groups is 1. The van der Waals surface area contributed by atoms with E-state index in [1.54, 1.807) is 0 Å². The SMILES string of the molecule is CNC(=O)NC(=O)C(C)OC(=O)c1cc(Cl)cc(Cl)c1N. The summed E-state index contributed by atoms with van der Waals surface area (Å²) in [4.78, 5) is 34.5. The zero-order valence-electron chi connectivity index (χ0n) is 11.2. The Morgan fingerprint density at radius 1 is 1.29 bits per heavy atom. The molecule has 0 saturated heterocycles. The predicted molar refractivity (Wildman–Crippen MR) is 78.4 cm³/mol. The average molecular weight is 334 g/mol. The molecule has 0 heterocycles. The van der Waals surface area contributed by atoms with Gasteiger partial charge in [-0.2, -0.15) is 0 Å². The van der Waals surface area contributed by atoms with Crippen LogP contribution >= 0.6 is 23.2 Å². The van der Waals surface area contributed by atoms with E-state index < -0.39 is 24.0 Å². The normalized spacial score (nSPS) is 11.4. The minimum absolute atomic E-state index is 0.00928. The highest BCUT2D eigenvalue weighted by Gasteiger charge is 2.22. The number of nitrogens with one attached hydrogen (secondary N) is 2. The molecule has 0 aliphatic carbocycles. The van der Waals surface area contributed by atoms with Crippen LogP contribution in [0.15, 0.2) is 12.1 Å². The van der Waals surface area contributed by atoms with Crippen LogP contribution < -0.4 is 16.4 Å². The van der Waals surface area contributed by atoms with Gasteiger partial charge in [-0.1, -0.05) is 23.2 Å². The van der Waals surface area contributed by atoms with Gasteiger partial charge in [-0.25, -0.2) is 9.59 Å². The molecule has 0 aliphatic heterocycles. The van der Waals surface area contributed by atoms with Crippen LogP contribution in [0.1, 0.15) is 17.3 Å². The summed E-state index contributed by atoms with van der Waals surface area (Å²) >= 11 is 11.6. The van der Waals surface area contributed by atoms with Crippen molar-refractivity contribution in [3.63, 3.8) is 0 Å². The molecule has 3 amide bonds. The number of hydrogen-bond donors (Lipinski definition) is 3. The number of imide groups is 1. The van der Waals surface area contributed by atoms with Gasteiger partial charge in [-0.3, -0.25) is 10.1 Å². The van der Waals surface area contributed by atoms with Gasteiger partial charge in [-0.05, 0) is 19.1 Å². The quantitative estimate of drug-likeness (QED) is 0.574. The molecule has 9 heteroatoms. The number of ether oxygens (including phenoxy) is 1. The third-order valence-corrected chi connectivity index (χ3v) is 2.96. The second kappa shape index (κ2) is 7.14. The molecule has 114 valence electrons. The summed E-state index contributed by atoms with van der Waals surface area (Å²) in [5, 5.41) is 4.46. The number of amides is 3. The maximum atomic E-state index is 11.9. The van der Waals surface area contributed by atoms with Crippen LogP contribution in [0, 0.1) is 0 Å². The Morgan fingerprint density at radius 2 is 1.90 bits per heavy atom. The highest BCUT2D eigenvalue weighted by atomic mass is 35.5. The fourth-order valence-corrected chi connectivity index (χ4v) is 1.80. The number of carbonyl (C=O) groups excluding carboxylic acids is 3. The first kappa shape index (κ1) is 17.1. The third-order valence-electron chi connectivity index (χ3n) is 2.43. The van der Waals surface area contributed by atoms with Gasteiger partial charge in [0.05, 0.1) is 16.3 Å². The third kappa shape index (κ3) is 4.51. The van der Waals surface area contributed by atoms with Gasteiger partial charge < -0.3 is 15.8 Å². The van der Waals surface area contributed by atoms with Crippen LogP contribution in [0.4, 0.5) is 10.5 Å². The Bertz CT molecular complexity index is 592. The number of anilines is 1. The van der Waals surface area contributed by atoms with E-state index in [0.29, 0.717) is 0 Å². The highest BCUT2D eigenvalue weighted by Crippen LogP contribution is 2.28. The van der Waals surface area contributed by atoms with E-state index in [4.69, 9.17) is 33.7 Å². The lowest BCUT2D eigenvalue weighted by Gasteiger charge is -2.14. The van der Waals surface area contributed by atoms with Gasteiger partial charge in [0.1, 0.15) is 0 Å². The minimum Gasteiger partial charge on any atom is -0.449 e. The monoisotopic (exact) mass is 333 g/mol.